The number of carbonyl (C=O) groups is 3. The molecule has 2 aliphatic rings. The number of anilines is 4. The van der Waals surface area contributed by atoms with Crippen LogP contribution in [0, 0.1) is 0 Å². The third kappa shape index (κ3) is 6.62. The van der Waals surface area contributed by atoms with Gasteiger partial charge in [-0.05, 0) is 60.9 Å². The van der Waals surface area contributed by atoms with Gasteiger partial charge < -0.3 is 31.9 Å². The highest BCUT2D eigenvalue weighted by Gasteiger charge is 2.14. The second kappa shape index (κ2) is 12.1. The Morgan fingerprint density at radius 3 is 1.93 bits per heavy atom. The molecule has 0 radical (unpaired) electrons. The van der Waals surface area contributed by atoms with E-state index in [1.165, 1.54) is 19.2 Å². The van der Waals surface area contributed by atoms with Crippen LogP contribution in [0.15, 0.2) is 76.7 Å². The molecule has 40 heavy (non-hydrogen) atoms. The molecule has 2 heterocycles. The fraction of sp³-hybridized carbons (Fsp3) is 0.207. The summed E-state index contributed by atoms with van der Waals surface area (Å²) in [6.45, 7) is 2.32. The van der Waals surface area contributed by atoms with Crippen molar-refractivity contribution < 1.29 is 14.4 Å². The molecule has 0 bridgehead atoms. The lowest BCUT2D eigenvalue weighted by atomic mass is 10.1. The molecule has 5 rings (SSSR count). The van der Waals surface area contributed by atoms with E-state index in [9.17, 15) is 14.4 Å². The lowest BCUT2D eigenvalue weighted by molar-refractivity contribution is 0.0963. The maximum Gasteiger partial charge on any atom is 0.323 e. The molecule has 0 aliphatic carbocycles. The SMILES string of the molecule is CNC(=O)c1cc(NC(=O)Nc2cccc(C3=NCCC3)c2)cc(NC(=O)Nc2cccc(C3=NCCN3)c2)c1. The molecule has 2 aliphatic heterocycles. The van der Waals surface area contributed by atoms with Crippen LogP contribution in [0.5, 0.6) is 0 Å². The summed E-state index contributed by atoms with van der Waals surface area (Å²) in [5.74, 6) is 0.422. The number of benzene rings is 3. The fourth-order valence-electron chi connectivity index (χ4n) is 4.52. The molecule has 0 spiro atoms. The summed E-state index contributed by atoms with van der Waals surface area (Å²) in [7, 11) is 1.51. The molecule has 5 amide bonds. The second-order valence-electron chi connectivity index (χ2n) is 9.29. The molecule has 0 aromatic heterocycles. The van der Waals surface area contributed by atoms with Gasteiger partial charge in [-0.15, -0.1) is 0 Å². The van der Waals surface area contributed by atoms with E-state index >= 15 is 0 Å². The molecule has 3 aromatic carbocycles. The van der Waals surface area contributed by atoms with E-state index < -0.39 is 12.1 Å². The first-order valence-electron chi connectivity index (χ1n) is 13.0. The number of carbonyl (C=O) groups excluding carboxylic acids is 3. The summed E-state index contributed by atoms with van der Waals surface area (Å²) in [5, 5.41) is 16.9. The Balaban J connectivity index is 1.27. The Hall–Kier alpha value is -5.19. The highest BCUT2D eigenvalue weighted by Crippen LogP contribution is 2.22. The van der Waals surface area contributed by atoms with Gasteiger partial charge in [-0.3, -0.25) is 14.8 Å². The van der Waals surface area contributed by atoms with Crippen LogP contribution < -0.4 is 31.9 Å². The standard InChI is InChI=1S/C29H30N8O3/c1-30-27(38)20-15-23(36-28(39)34-21-7-2-5-18(13-21)25-9-4-10-31-25)17-24(16-20)37-29(40)35-22-8-3-6-19(14-22)26-32-11-12-33-26/h2-3,5-8,13-17H,4,9-12H2,1H3,(H,30,38)(H,32,33)(H2,34,36,39)(H2,35,37,40). The molecule has 0 unspecified atom stereocenters. The van der Waals surface area contributed by atoms with Gasteiger partial charge in [0.15, 0.2) is 0 Å². The summed E-state index contributed by atoms with van der Waals surface area (Å²) in [6, 6.07) is 18.5. The molecule has 3 aromatic rings. The lowest BCUT2D eigenvalue weighted by Crippen LogP contribution is -2.23. The van der Waals surface area contributed by atoms with Gasteiger partial charge in [-0.2, -0.15) is 0 Å². The van der Waals surface area contributed by atoms with Crippen molar-refractivity contribution in [3.63, 3.8) is 0 Å². The highest BCUT2D eigenvalue weighted by molar-refractivity contribution is 6.07. The lowest BCUT2D eigenvalue weighted by Gasteiger charge is -2.13. The minimum atomic E-state index is -0.505. The number of urea groups is 2. The minimum Gasteiger partial charge on any atom is -0.368 e. The Kier molecular flexibility index (Phi) is 8.00. The monoisotopic (exact) mass is 538 g/mol. The number of aliphatic imine (C=N–C) groups is 2. The van der Waals surface area contributed by atoms with Crippen LogP contribution in [0.3, 0.4) is 0 Å². The molecule has 0 saturated heterocycles. The average molecular weight is 539 g/mol. The highest BCUT2D eigenvalue weighted by atomic mass is 16.2. The molecular formula is C29H30N8O3. The van der Waals surface area contributed by atoms with Gasteiger partial charge in [0.2, 0.25) is 0 Å². The van der Waals surface area contributed by atoms with E-state index in [-0.39, 0.29) is 11.5 Å². The Bertz CT molecular complexity index is 1410. The maximum atomic E-state index is 12.8. The quantitative estimate of drug-likeness (QED) is 0.267. The van der Waals surface area contributed by atoms with Gasteiger partial charge in [-0.1, -0.05) is 24.3 Å². The summed E-state index contributed by atoms with van der Waals surface area (Å²) in [6.07, 6.45) is 1.95. The van der Waals surface area contributed by atoms with Crippen molar-refractivity contribution in [2.45, 2.75) is 12.8 Å². The van der Waals surface area contributed by atoms with Crippen molar-refractivity contribution in [1.82, 2.24) is 10.6 Å². The first kappa shape index (κ1) is 26.4. The molecule has 6 N–H and O–H groups in total. The number of hydrogen-bond acceptors (Lipinski definition) is 6. The normalized spacial score (nSPS) is 13.9. The molecular weight excluding hydrogens is 508 g/mol. The van der Waals surface area contributed by atoms with Gasteiger partial charge in [0.05, 0.1) is 6.54 Å². The number of rotatable bonds is 7. The van der Waals surface area contributed by atoms with Crippen molar-refractivity contribution in [3.05, 3.63) is 83.4 Å². The molecule has 0 fully saturated rings. The molecule has 0 saturated carbocycles. The van der Waals surface area contributed by atoms with Gasteiger partial charge in [0.25, 0.3) is 5.91 Å². The zero-order valence-corrected chi connectivity index (χ0v) is 22.0. The van der Waals surface area contributed by atoms with E-state index in [2.05, 4.69) is 41.9 Å². The van der Waals surface area contributed by atoms with Gasteiger partial charge >= 0.3 is 12.1 Å². The first-order chi connectivity index (χ1) is 19.5. The Morgan fingerprint density at radius 1 is 0.725 bits per heavy atom. The predicted molar refractivity (Wildman–Crippen MR) is 158 cm³/mol. The largest absolute Gasteiger partial charge is 0.368 e. The minimum absolute atomic E-state index is 0.268. The Morgan fingerprint density at radius 2 is 1.35 bits per heavy atom. The van der Waals surface area contributed by atoms with Crippen LogP contribution in [-0.2, 0) is 0 Å². The van der Waals surface area contributed by atoms with Crippen LogP contribution >= 0.6 is 0 Å². The van der Waals surface area contributed by atoms with Crippen LogP contribution in [0.1, 0.15) is 34.3 Å². The van der Waals surface area contributed by atoms with E-state index in [1.807, 2.05) is 36.4 Å². The van der Waals surface area contributed by atoms with Crippen molar-refractivity contribution in [3.8, 4) is 0 Å². The summed E-state index contributed by atoms with van der Waals surface area (Å²) in [4.78, 5) is 46.9. The van der Waals surface area contributed by atoms with Crippen molar-refractivity contribution >= 4 is 52.3 Å². The first-order valence-corrected chi connectivity index (χ1v) is 13.0. The van der Waals surface area contributed by atoms with Crippen molar-refractivity contribution in [2.24, 2.45) is 9.98 Å². The number of amides is 5. The number of nitrogens with one attached hydrogen (secondary N) is 6. The molecule has 11 heteroatoms. The van der Waals surface area contributed by atoms with Crippen LogP contribution in [-0.4, -0.2) is 56.2 Å². The smallest absolute Gasteiger partial charge is 0.323 e. The zero-order chi connectivity index (χ0) is 27.9. The fourth-order valence-corrected chi connectivity index (χ4v) is 4.52. The van der Waals surface area contributed by atoms with E-state index in [4.69, 9.17) is 0 Å². The third-order valence-corrected chi connectivity index (χ3v) is 6.33. The van der Waals surface area contributed by atoms with Crippen LogP contribution in [0.25, 0.3) is 0 Å². The van der Waals surface area contributed by atoms with E-state index in [0.29, 0.717) is 29.3 Å². The van der Waals surface area contributed by atoms with Crippen molar-refractivity contribution in [2.75, 3.05) is 47.9 Å². The molecule has 0 atom stereocenters. The maximum absolute atomic E-state index is 12.8. The number of amidine groups is 1. The molecule has 204 valence electrons. The summed E-state index contributed by atoms with van der Waals surface area (Å²) in [5.41, 5.74) is 5.01. The third-order valence-electron chi connectivity index (χ3n) is 6.33. The summed E-state index contributed by atoms with van der Waals surface area (Å²) >= 11 is 0. The Labute approximate surface area is 231 Å². The topological polar surface area (TPSA) is 148 Å². The predicted octanol–water partition coefficient (Wildman–Crippen LogP) is 4.27. The summed E-state index contributed by atoms with van der Waals surface area (Å²) < 4.78 is 0. The average Bonchev–Trinajstić information content (AvgIpc) is 3.68. The van der Waals surface area contributed by atoms with E-state index in [1.54, 1.807) is 18.2 Å². The number of nitrogens with zero attached hydrogens (tertiary/aromatic N) is 2. The van der Waals surface area contributed by atoms with Gasteiger partial charge in [0.1, 0.15) is 5.84 Å². The second-order valence-corrected chi connectivity index (χ2v) is 9.29. The van der Waals surface area contributed by atoms with E-state index in [0.717, 1.165) is 48.6 Å². The van der Waals surface area contributed by atoms with Crippen molar-refractivity contribution in [1.29, 1.82) is 0 Å². The molecule has 11 nitrogen and oxygen atoms in total. The van der Waals surface area contributed by atoms with Crippen LogP contribution in [0.4, 0.5) is 32.3 Å². The van der Waals surface area contributed by atoms with Gasteiger partial charge in [0, 0.05) is 59.7 Å². The zero-order valence-electron chi connectivity index (χ0n) is 22.0. The van der Waals surface area contributed by atoms with Gasteiger partial charge in [-0.25, -0.2) is 9.59 Å². The number of hydrogen-bond donors (Lipinski definition) is 6. The van der Waals surface area contributed by atoms with Crippen LogP contribution in [0.2, 0.25) is 0 Å².